The molecule has 1 amide bonds. The summed E-state index contributed by atoms with van der Waals surface area (Å²) in [7, 11) is -2.83. The topological polar surface area (TPSA) is 125 Å². The predicted octanol–water partition coefficient (Wildman–Crippen LogP) is 2.55. The third-order valence-electron chi connectivity index (χ3n) is 4.45. The number of hydrogen-bond acceptors (Lipinski definition) is 6. The van der Waals surface area contributed by atoms with Crippen molar-refractivity contribution in [3.63, 3.8) is 0 Å². The van der Waals surface area contributed by atoms with Gasteiger partial charge in [0.2, 0.25) is 10.0 Å². The molecule has 3 N–H and O–H groups in total. The zero-order chi connectivity index (χ0) is 22.3. The average molecular weight is 435 g/mol. The van der Waals surface area contributed by atoms with E-state index in [2.05, 4.69) is 5.32 Å². The van der Waals surface area contributed by atoms with Crippen LogP contribution in [-0.4, -0.2) is 33.5 Å². The molecule has 2 atom stereocenters. The van der Waals surface area contributed by atoms with Gasteiger partial charge in [-0.1, -0.05) is 43.7 Å². The lowest BCUT2D eigenvalue weighted by Gasteiger charge is -2.21. The number of amides is 1. The van der Waals surface area contributed by atoms with E-state index < -0.39 is 28.0 Å². The largest absolute Gasteiger partial charge is 0.495 e. The van der Waals surface area contributed by atoms with Crippen LogP contribution in [0, 0.1) is 0 Å². The van der Waals surface area contributed by atoms with Gasteiger partial charge in [0.15, 0.2) is 6.10 Å². The Morgan fingerprint density at radius 1 is 1.13 bits per heavy atom. The number of rotatable bonds is 9. The van der Waals surface area contributed by atoms with Crippen LogP contribution in [0.3, 0.4) is 0 Å². The van der Waals surface area contributed by atoms with Gasteiger partial charge in [-0.05, 0) is 37.1 Å². The first-order valence-corrected chi connectivity index (χ1v) is 11.0. The highest BCUT2D eigenvalue weighted by atomic mass is 32.2. The maximum absolute atomic E-state index is 12.6. The summed E-state index contributed by atoms with van der Waals surface area (Å²) >= 11 is 0. The van der Waals surface area contributed by atoms with E-state index >= 15 is 0 Å². The van der Waals surface area contributed by atoms with E-state index in [-0.39, 0.29) is 22.3 Å². The Labute approximate surface area is 176 Å². The highest BCUT2D eigenvalue weighted by Crippen LogP contribution is 2.24. The van der Waals surface area contributed by atoms with E-state index in [4.69, 9.17) is 14.6 Å². The second-order valence-corrected chi connectivity index (χ2v) is 8.25. The maximum Gasteiger partial charge on any atom is 0.338 e. The first-order valence-electron chi connectivity index (χ1n) is 9.44. The van der Waals surface area contributed by atoms with Gasteiger partial charge in [-0.2, -0.15) is 0 Å². The minimum absolute atomic E-state index is 0.00473. The van der Waals surface area contributed by atoms with Gasteiger partial charge in [0, 0.05) is 0 Å². The molecule has 0 aliphatic rings. The SMILES string of the molecule is CCCC(NC(=O)C(C)OC(=O)c1ccc(OC)c(S(N)(=O)=O)c1)c1ccccc1. The van der Waals surface area contributed by atoms with E-state index in [0.717, 1.165) is 24.5 Å². The summed E-state index contributed by atoms with van der Waals surface area (Å²) in [4.78, 5) is 24.7. The summed E-state index contributed by atoms with van der Waals surface area (Å²) in [5, 5.41) is 8.06. The van der Waals surface area contributed by atoms with E-state index in [1.54, 1.807) is 0 Å². The Hall–Kier alpha value is -2.91. The Balaban J connectivity index is 2.12. The van der Waals surface area contributed by atoms with Gasteiger partial charge in [-0.3, -0.25) is 4.79 Å². The molecule has 9 heteroatoms. The molecule has 8 nitrogen and oxygen atoms in total. The van der Waals surface area contributed by atoms with Crippen molar-refractivity contribution >= 4 is 21.9 Å². The minimum Gasteiger partial charge on any atom is -0.495 e. The van der Waals surface area contributed by atoms with Gasteiger partial charge in [-0.15, -0.1) is 0 Å². The van der Waals surface area contributed by atoms with Crippen molar-refractivity contribution in [1.82, 2.24) is 5.32 Å². The number of esters is 1. The van der Waals surface area contributed by atoms with E-state index in [1.165, 1.54) is 26.2 Å². The van der Waals surface area contributed by atoms with Crippen molar-refractivity contribution in [2.24, 2.45) is 5.14 Å². The lowest BCUT2D eigenvalue weighted by molar-refractivity contribution is -0.129. The molecule has 0 aliphatic carbocycles. The summed E-state index contributed by atoms with van der Waals surface area (Å²) in [6.07, 6.45) is 0.503. The van der Waals surface area contributed by atoms with E-state index in [1.807, 2.05) is 37.3 Å². The second-order valence-electron chi connectivity index (χ2n) is 6.72. The zero-order valence-corrected chi connectivity index (χ0v) is 17.9. The molecule has 2 unspecified atom stereocenters. The third kappa shape index (κ3) is 6.04. The summed E-state index contributed by atoms with van der Waals surface area (Å²) < 4.78 is 33.6. The smallest absolute Gasteiger partial charge is 0.338 e. The number of ether oxygens (including phenoxy) is 2. The molecule has 0 bridgehead atoms. The van der Waals surface area contributed by atoms with E-state index in [0.29, 0.717) is 0 Å². The van der Waals surface area contributed by atoms with Crippen LogP contribution in [0.5, 0.6) is 5.75 Å². The number of carbonyl (C=O) groups excluding carboxylic acids is 2. The number of benzene rings is 2. The van der Waals surface area contributed by atoms with Crippen LogP contribution < -0.4 is 15.2 Å². The molecule has 2 aromatic rings. The lowest BCUT2D eigenvalue weighted by atomic mass is 10.0. The van der Waals surface area contributed by atoms with Crippen LogP contribution in [0.25, 0.3) is 0 Å². The number of methoxy groups -OCH3 is 1. The molecule has 2 rings (SSSR count). The van der Waals surface area contributed by atoms with Crippen molar-refractivity contribution in [3.8, 4) is 5.75 Å². The van der Waals surface area contributed by atoms with Crippen molar-refractivity contribution in [2.75, 3.05) is 7.11 Å². The molecule has 0 aliphatic heterocycles. The first kappa shape index (κ1) is 23.4. The van der Waals surface area contributed by atoms with Crippen molar-refractivity contribution in [3.05, 3.63) is 59.7 Å². The highest BCUT2D eigenvalue weighted by Gasteiger charge is 2.24. The molecule has 0 fully saturated rings. The first-order chi connectivity index (χ1) is 14.2. The van der Waals surface area contributed by atoms with Crippen LogP contribution in [0.15, 0.2) is 53.4 Å². The Morgan fingerprint density at radius 3 is 2.37 bits per heavy atom. The van der Waals surface area contributed by atoms with Crippen molar-refractivity contribution < 1.29 is 27.5 Å². The summed E-state index contributed by atoms with van der Waals surface area (Å²) in [5.41, 5.74) is 0.895. The number of carbonyl (C=O) groups is 2. The number of nitrogens with two attached hydrogens (primary N) is 1. The monoisotopic (exact) mass is 434 g/mol. The van der Waals surface area contributed by atoms with Crippen LogP contribution in [0.4, 0.5) is 0 Å². The van der Waals surface area contributed by atoms with Crippen LogP contribution in [0.1, 0.15) is 48.7 Å². The fourth-order valence-electron chi connectivity index (χ4n) is 2.89. The molecule has 2 aromatic carbocycles. The van der Waals surface area contributed by atoms with Gasteiger partial charge in [0.25, 0.3) is 5.91 Å². The summed E-state index contributed by atoms with van der Waals surface area (Å²) in [6, 6.07) is 13.0. The molecular weight excluding hydrogens is 408 g/mol. The van der Waals surface area contributed by atoms with Crippen LogP contribution in [-0.2, 0) is 19.6 Å². The molecule has 0 saturated heterocycles. The summed E-state index contributed by atoms with van der Waals surface area (Å²) in [6.45, 7) is 3.46. The number of sulfonamides is 1. The van der Waals surface area contributed by atoms with Gasteiger partial charge in [0.05, 0.1) is 18.7 Å². The molecular formula is C21H26N2O6S. The Bertz CT molecular complexity index is 992. The van der Waals surface area contributed by atoms with Gasteiger partial charge in [0.1, 0.15) is 10.6 Å². The normalized spacial score (nSPS) is 13.2. The molecule has 162 valence electrons. The quantitative estimate of drug-likeness (QED) is 0.584. The van der Waals surface area contributed by atoms with Gasteiger partial charge in [-0.25, -0.2) is 18.4 Å². The number of nitrogens with one attached hydrogen (secondary N) is 1. The molecule has 0 radical (unpaired) electrons. The predicted molar refractivity (Wildman–Crippen MR) is 111 cm³/mol. The third-order valence-corrected chi connectivity index (χ3v) is 5.39. The lowest BCUT2D eigenvalue weighted by Crippen LogP contribution is -2.38. The van der Waals surface area contributed by atoms with E-state index in [9.17, 15) is 18.0 Å². The molecule has 0 saturated carbocycles. The zero-order valence-electron chi connectivity index (χ0n) is 17.1. The summed E-state index contributed by atoms with van der Waals surface area (Å²) in [5.74, 6) is -1.30. The molecule has 0 aromatic heterocycles. The van der Waals surface area contributed by atoms with Gasteiger partial charge < -0.3 is 14.8 Å². The standard InChI is InChI=1S/C21H26N2O6S/c1-4-8-17(15-9-6-5-7-10-15)23-20(24)14(2)29-21(25)16-11-12-18(28-3)19(13-16)30(22,26)27/h5-7,9-14,17H,4,8H2,1-3H3,(H,23,24)(H2,22,26,27). The second kappa shape index (κ2) is 10.2. The Kier molecular flexibility index (Phi) is 7.96. The Morgan fingerprint density at radius 2 is 1.80 bits per heavy atom. The molecule has 0 heterocycles. The number of primary sulfonamides is 1. The van der Waals surface area contributed by atoms with Crippen LogP contribution >= 0.6 is 0 Å². The van der Waals surface area contributed by atoms with Crippen molar-refractivity contribution in [2.45, 2.75) is 43.7 Å². The highest BCUT2D eigenvalue weighted by molar-refractivity contribution is 7.89. The van der Waals surface area contributed by atoms with Crippen molar-refractivity contribution in [1.29, 1.82) is 0 Å². The minimum atomic E-state index is -4.11. The fraction of sp³-hybridized carbons (Fsp3) is 0.333. The average Bonchev–Trinajstić information content (AvgIpc) is 2.72. The molecule has 30 heavy (non-hydrogen) atoms. The fourth-order valence-corrected chi connectivity index (χ4v) is 3.62. The van der Waals surface area contributed by atoms with Crippen LogP contribution in [0.2, 0.25) is 0 Å². The van der Waals surface area contributed by atoms with Gasteiger partial charge >= 0.3 is 5.97 Å². The maximum atomic E-state index is 12.6. The number of hydrogen-bond donors (Lipinski definition) is 2. The molecule has 0 spiro atoms.